The number of nitrogens with one attached hydrogen (secondary N) is 2. The molecule has 0 atom stereocenters. The first-order chi connectivity index (χ1) is 14.3. The molecule has 0 heterocycles. The van der Waals surface area contributed by atoms with Gasteiger partial charge in [0.1, 0.15) is 5.75 Å². The van der Waals surface area contributed by atoms with Crippen molar-refractivity contribution < 1.29 is 17.9 Å². The number of sulfonamides is 1. The Morgan fingerprint density at radius 3 is 2.27 bits per heavy atom. The number of hydrogen-bond donors (Lipinski definition) is 2. The van der Waals surface area contributed by atoms with E-state index in [2.05, 4.69) is 10.0 Å². The van der Waals surface area contributed by atoms with Crippen molar-refractivity contribution in [3.05, 3.63) is 82.9 Å². The van der Waals surface area contributed by atoms with Crippen LogP contribution in [-0.2, 0) is 10.0 Å². The lowest BCUT2D eigenvalue weighted by molar-refractivity contribution is 0.102. The standard InChI is InChI=1S/C22H21ClN2O4S/c1-3-29-19-9-4-16(5-10-19)22(26)24-18-7-11-20(12-8-18)30(27,28)25-21-13-6-17(23)14-15(21)2/h4-14,25H,3H2,1-2H3,(H,24,26). The van der Waals surface area contributed by atoms with Crippen LogP contribution in [0.2, 0.25) is 5.02 Å². The third-order valence-corrected chi connectivity index (χ3v) is 5.90. The molecule has 3 rings (SSSR count). The number of benzene rings is 3. The van der Waals surface area contributed by atoms with E-state index >= 15 is 0 Å². The Morgan fingerprint density at radius 1 is 1.00 bits per heavy atom. The van der Waals surface area contributed by atoms with Crippen molar-refractivity contribution in [1.82, 2.24) is 0 Å². The van der Waals surface area contributed by atoms with Crippen molar-refractivity contribution in [2.45, 2.75) is 18.7 Å². The zero-order valence-corrected chi connectivity index (χ0v) is 18.0. The summed E-state index contributed by atoms with van der Waals surface area (Å²) in [7, 11) is -3.78. The SMILES string of the molecule is CCOc1ccc(C(=O)Nc2ccc(S(=O)(=O)Nc3ccc(Cl)cc3C)cc2)cc1. The number of carbonyl (C=O) groups excluding carboxylic acids is 1. The number of aryl methyl sites for hydroxylation is 1. The fourth-order valence-corrected chi connectivity index (χ4v) is 4.09. The van der Waals surface area contributed by atoms with E-state index in [9.17, 15) is 13.2 Å². The Labute approximate surface area is 180 Å². The molecule has 3 aromatic carbocycles. The molecule has 0 aliphatic carbocycles. The summed E-state index contributed by atoms with van der Waals surface area (Å²) in [4.78, 5) is 12.5. The Hall–Kier alpha value is -3.03. The first kappa shape index (κ1) is 21.7. The summed E-state index contributed by atoms with van der Waals surface area (Å²) in [5.74, 6) is 0.385. The van der Waals surface area contributed by atoms with Crippen LogP contribution in [0.3, 0.4) is 0 Å². The van der Waals surface area contributed by atoms with E-state index in [1.807, 2.05) is 6.92 Å². The highest BCUT2D eigenvalue weighted by Gasteiger charge is 2.16. The molecule has 2 N–H and O–H groups in total. The van der Waals surface area contributed by atoms with E-state index in [0.717, 1.165) is 0 Å². The molecular formula is C22H21ClN2O4S. The molecule has 0 aromatic heterocycles. The highest BCUT2D eigenvalue weighted by atomic mass is 35.5. The molecule has 0 fully saturated rings. The highest BCUT2D eigenvalue weighted by molar-refractivity contribution is 7.92. The maximum absolute atomic E-state index is 12.6. The van der Waals surface area contributed by atoms with Crippen LogP contribution in [0.4, 0.5) is 11.4 Å². The van der Waals surface area contributed by atoms with Gasteiger partial charge in [0, 0.05) is 16.3 Å². The van der Waals surface area contributed by atoms with E-state index < -0.39 is 10.0 Å². The maximum Gasteiger partial charge on any atom is 0.261 e. The Kier molecular flexibility index (Phi) is 6.64. The predicted molar refractivity (Wildman–Crippen MR) is 119 cm³/mol. The van der Waals surface area contributed by atoms with Crippen LogP contribution in [0.15, 0.2) is 71.6 Å². The number of halogens is 1. The lowest BCUT2D eigenvalue weighted by Gasteiger charge is -2.12. The second-order valence-electron chi connectivity index (χ2n) is 6.50. The lowest BCUT2D eigenvalue weighted by atomic mass is 10.2. The van der Waals surface area contributed by atoms with Crippen molar-refractivity contribution in [2.75, 3.05) is 16.6 Å². The minimum atomic E-state index is -3.78. The molecule has 8 heteroatoms. The summed E-state index contributed by atoms with van der Waals surface area (Å²) in [5.41, 5.74) is 2.11. The van der Waals surface area contributed by atoms with E-state index in [1.165, 1.54) is 24.3 Å². The molecule has 0 unspecified atom stereocenters. The fraction of sp³-hybridized carbons (Fsp3) is 0.136. The highest BCUT2D eigenvalue weighted by Crippen LogP contribution is 2.24. The Balaban J connectivity index is 1.69. The summed E-state index contributed by atoms with van der Waals surface area (Å²) in [6.07, 6.45) is 0. The molecule has 0 bridgehead atoms. The lowest BCUT2D eigenvalue weighted by Crippen LogP contribution is -2.14. The zero-order chi connectivity index (χ0) is 21.7. The normalized spacial score (nSPS) is 11.0. The van der Waals surface area contributed by atoms with Gasteiger partial charge in [-0.05, 0) is 86.1 Å². The van der Waals surface area contributed by atoms with Crippen LogP contribution in [0.1, 0.15) is 22.8 Å². The molecule has 3 aromatic rings. The first-order valence-electron chi connectivity index (χ1n) is 9.22. The molecule has 30 heavy (non-hydrogen) atoms. The third-order valence-electron chi connectivity index (χ3n) is 4.28. The van der Waals surface area contributed by atoms with E-state index in [1.54, 1.807) is 49.4 Å². The van der Waals surface area contributed by atoms with Crippen molar-refractivity contribution in [2.24, 2.45) is 0 Å². The van der Waals surface area contributed by atoms with Crippen LogP contribution in [-0.4, -0.2) is 20.9 Å². The number of hydrogen-bond acceptors (Lipinski definition) is 4. The topological polar surface area (TPSA) is 84.5 Å². The van der Waals surface area contributed by atoms with Crippen molar-refractivity contribution >= 4 is 38.9 Å². The van der Waals surface area contributed by atoms with Gasteiger partial charge in [0.25, 0.3) is 15.9 Å². The second kappa shape index (κ2) is 9.19. The second-order valence-corrected chi connectivity index (χ2v) is 8.62. The molecule has 0 radical (unpaired) electrons. The van der Waals surface area contributed by atoms with Crippen LogP contribution < -0.4 is 14.8 Å². The van der Waals surface area contributed by atoms with Gasteiger partial charge in [0.05, 0.1) is 17.2 Å². The van der Waals surface area contributed by atoms with Crippen LogP contribution in [0.25, 0.3) is 0 Å². The van der Waals surface area contributed by atoms with E-state index in [0.29, 0.717) is 39.9 Å². The van der Waals surface area contributed by atoms with E-state index in [-0.39, 0.29) is 10.8 Å². The number of amides is 1. The van der Waals surface area contributed by atoms with Crippen molar-refractivity contribution in [3.8, 4) is 5.75 Å². The molecule has 1 amide bonds. The Morgan fingerprint density at radius 2 is 1.67 bits per heavy atom. The molecule has 6 nitrogen and oxygen atoms in total. The van der Waals surface area contributed by atoms with Gasteiger partial charge in [-0.2, -0.15) is 0 Å². The molecular weight excluding hydrogens is 424 g/mol. The van der Waals surface area contributed by atoms with Crippen LogP contribution in [0.5, 0.6) is 5.75 Å². The molecule has 0 aliphatic rings. The van der Waals surface area contributed by atoms with Gasteiger partial charge in [0.15, 0.2) is 0 Å². The van der Waals surface area contributed by atoms with Gasteiger partial charge in [0.2, 0.25) is 0 Å². The molecule has 0 saturated heterocycles. The smallest absolute Gasteiger partial charge is 0.261 e. The van der Waals surface area contributed by atoms with E-state index in [4.69, 9.17) is 16.3 Å². The summed E-state index contributed by atoms with van der Waals surface area (Å²) < 4.78 is 33.2. The number of ether oxygens (including phenoxy) is 1. The first-order valence-corrected chi connectivity index (χ1v) is 11.1. The summed E-state index contributed by atoms with van der Waals surface area (Å²) >= 11 is 5.91. The molecule has 156 valence electrons. The van der Waals surface area contributed by atoms with Gasteiger partial charge in [-0.25, -0.2) is 8.42 Å². The largest absolute Gasteiger partial charge is 0.494 e. The predicted octanol–water partition coefficient (Wildman–Crippen LogP) is 5.10. The maximum atomic E-state index is 12.6. The van der Waals surface area contributed by atoms with Gasteiger partial charge in [-0.15, -0.1) is 0 Å². The summed E-state index contributed by atoms with van der Waals surface area (Å²) in [5, 5.41) is 3.27. The number of rotatable bonds is 7. The van der Waals surface area contributed by atoms with Gasteiger partial charge >= 0.3 is 0 Å². The average Bonchev–Trinajstić information content (AvgIpc) is 2.71. The Bertz CT molecular complexity index is 1140. The summed E-state index contributed by atoms with van der Waals surface area (Å²) in [6.45, 7) is 4.20. The minimum Gasteiger partial charge on any atom is -0.494 e. The number of anilines is 2. The molecule has 0 saturated carbocycles. The van der Waals surface area contributed by atoms with Gasteiger partial charge in [-0.3, -0.25) is 9.52 Å². The monoisotopic (exact) mass is 444 g/mol. The van der Waals surface area contributed by atoms with Crippen LogP contribution in [0, 0.1) is 6.92 Å². The minimum absolute atomic E-state index is 0.0796. The zero-order valence-electron chi connectivity index (χ0n) is 16.5. The van der Waals surface area contributed by atoms with Gasteiger partial charge < -0.3 is 10.1 Å². The third kappa shape index (κ3) is 5.31. The molecule has 0 aliphatic heterocycles. The quantitative estimate of drug-likeness (QED) is 0.531. The average molecular weight is 445 g/mol. The van der Waals surface area contributed by atoms with Gasteiger partial charge in [-0.1, -0.05) is 11.6 Å². The summed E-state index contributed by atoms with van der Waals surface area (Å²) in [6, 6.07) is 17.6. The van der Waals surface area contributed by atoms with Crippen molar-refractivity contribution in [3.63, 3.8) is 0 Å². The number of carbonyl (C=O) groups is 1. The van der Waals surface area contributed by atoms with Crippen LogP contribution >= 0.6 is 11.6 Å². The van der Waals surface area contributed by atoms with Crippen molar-refractivity contribution in [1.29, 1.82) is 0 Å². The fourth-order valence-electron chi connectivity index (χ4n) is 2.74. The molecule has 0 spiro atoms.